The Morgan fingerprint density at radius 1 is 1.29 bits per heavy atom. The van der Waals surface area contributed by atoms with E-state index < -0.39 is 0 Å². The van der Waals surface area contributed by atoms with Crippen molar-refractivity contribution in [2.75, 3.05) is 30.4 Å². The third-order valence-corrected chi connectivity index (χ3v) is 3.92. The molecular formula is C16H28N4O. The number of nitrogens with zero attached hydrogens (tertiary/aromatic N) is 3. The van der Waals surface area contributed by atoms with Gasteiger partial charge in [0.1, 0.15) is 17.5 Å². The van der Waals surface area contributed by atoms with Gasteiger partial charge in [0.25, 0.3) is 0 Å². The molecule has 0 spiro atoms. The van der Waals surface area contributed by atoms with Gasteiger partial charge in [0.2, 0.25) is 0 Å². The molecular weight excluding hydrogens is 264 g/mol. The van der Waals surface area contributed by atoms with Crippen LogP contribution in [0.2, 0.25) is 0 Å². The summed E-state index contributed by atoms with van der Waals surface area (Å²) >= 11 is 0. The molecule has 5 heteroatoms. The van der Waals surface area contributed by atoms with Gasteiger partial charge in [-0.05, 0) is 31.6 Å². The lowest BCUT2D eigenvalue weighted by Gasteiger charge is -2.34. The van der Waals surface area contributed by atoms with Crippen molar-refractivity contribution < 1.29 is 5.11 Å². The zero-order chi connectivity index (χ0) is 15.2. The number of aliphatic hydroxyl groups excluding tert-OH is 1. The summed E-state index contributed by atoms with van der Waals surface area (Å²) in [6.45, 7) is 6.18. The van der Waals surface area contributed by atoms with Crippen LogP contribution >= 0.6 is 0 Å². The Morgan fingerprint density at radius 2 is 2.05 bits per heavy atom. The quantitative estimate of drug-likeness (QED) is 0.770. The number of anilines is 2. The van der Waals surface area contributed by atoms with Crippen LogP contribution in [0.5, 0.6) is 0 Å². The van der Waals surface area contributed by atoms with Gasteiger partial charge in [-0.25, -0.2) is 9.97 Å². The fraction of sp³-hybridized carbons (Fsp3) is 0.750. The molecule has 1 fully saturated rings. The highest BCUT2D eigenvalue weighted by molar-refractivity contribution is 5.49. The van der Waals surface area contributed by atoms with Crippen molar-refractivity contribution in [1.82, 2.24) is 9.97 Å². The number of nitrogens with one attached hydrogen (secondary N) is 1. The van der Waals surface area contributed by atoms with Crippen LogP contribution in [-0.4, -0.2) is 41.3 Å². The summed E-state index contributed by atoms with van der Waals surface area (Å²) in [5.74, 6) is 3.40. The van der Waals surface area contributed by atoms with Gasteiger partial charge in [0, 0.05) is 32.6 Å². The Bertz CT molecular complexity index is 446. The molecule has 0 aliphatic heterocycles. The lowest BCUT2D eigenvalue weighted by molar-refractivity contribution is 0.0464. The standard InChI is InChI=1S/C16H28N4O/c1-4-6-14-18-15(17-7-5-2)10-16(19-14)20(3)11-12-8-13(21)9-12/h10,12-13,21H,4-9,11H2,1-3H3,(H,17,18,19). The van der Waals surface area contributed by atoms with Crippen molar-refractivity contribution in [3.63, 3.8) is 0 Å². The molecule has 0 bridgehead atoms. The Morgan fingerprint density at radius 3 is 2.67 bits per heavy atom. The van der Waals surface area contributed by atoms with Crippen LogP contribution in [0.3, 0.4) is 0 Å². The predicted molar refractivity (Wildman–Crippen MR) is 86.8 cm³/mol. The molecule has 0 amide bonds. The first kappa shape index (κ1) is 16.0. The minimum absolute atomic E-state index is 0.0915. The van der Waals surface area contributed by atoms with Gasteiger partial charge in [-0.2, -0.15) is 0 Å². The Labute approximate surface area is 127 Å². The van der Waals surface area contributed by atoms with Crippen LogP contribution in [0.15, 0.2) is 6.07 Å². The fourth-order valence-corrected chi connectivity index (χ4v) is 2.69. The Kier molecular flexibility index (Phi) is 5.79. The maximum absolute atomic E-state index is 9.40. The number of hydrogen-bond donors (Lipinski definition) is 2. The summed E-state index contributed by atoms with van der Waals surface area (Å²) in [5.41, 5.74) is 0. The smallest absolute Gasteiger partial charge is 0.134 e. The molecule has 21 heavy (non-hydrogen) atoms. The molecule has 0 aromatic carbocycles. The number of rotatable bonds is 8. The average Bonchev–Trinajstić information content (AvgIpc) is 2.43. The molecule has 0 atom stereocenters. The number of hydrogen-bond acceptors (Lipinski definition) is 5. The lowest BCUT2D eigenvalue weighted by Crippen LogP contribution is -2.37. The Balaban J connectivity index is 2.06. The van der Waals surface area contributed by atoms with E-state index in [1.165, 1.54) is 0 Å². The van der Waals surface area contributed by atoms with E-state index in [1.807, 2.05) is 6.07 Å². The second-order valence-electron chi connectivity index (χ2n) is 6.08. The molecule has 1 aromatic rings. The van der Waals surface area contributed by atoms with E-state index in [2.05, 4.69) is 41.1 Å². The van der Waals surface area contributed by atoms with Crippen LogP contribution in [-0.2, 0) is 6.42 Å². The lowest BCUT2D eigenvalue weighted by atomic mass is 9.82. The van der Waals surface area contributed by atoms with Gasteiger partial charge < -0.3 is 15.3 Å². The van der Waals surface area contributed by atoms with E-state index >= 15 is 0 Å². The van der Waals surface area contributed by atoms with Crippen molar-refractivity contribution in [2.24, 2.45) is 5.92 Å². The Hall–Kier alpha value is -1.36. The normalized spacial score (nSPS) is 21.0. The average molecular weight is 292 g/mol. The molecule has 1 aliphatic rings. The second-order valence-corrected chi connectivity index (χ2v) is 6.08. The first-order valence-electron chi connectivity index (χ1n) is 8.13. The zero-order valence-electron chi connectivity index (χ0n) is 13.5. The molecule has 0 radical (unpaired) electrons. The van der Waals surface area contributed by atoms with Gasteiger partial charge in [-0.3, -0.25) is 0 Å². The molecule has 1 saturated carbocycles. The third kappa shape index (κ3) is 4.56. The maximum Gasteiger partial charge on any atom is 0.134 e. The molecule has 1 aliphatic carbocycles. The predicted octanol–water partition coefficient (Wildman–Crippen LogP) is 2.46. The molecule has 0 unspecified atom stereocenters. The highest BCUT2D eigenvalue weighted by Crippen LogP contribution is 2.29. The van der Waals surface area contributed by atoms with Gasteiger partial charge in [-0.1, -0.05) is 13.8 Å². The second kappa shape index (κ2) is 7.59. The van der Waals surface area contributed by atoms with Crippen LogP contribution in [0, 0.1) is 5.92 Å². The third-order valence-electron chi connectivity index (χ3n) is 3.92. The van der Waals surface area contributed by atoms with Crippen LogP contribution in [0.1, 0.15) is 45.4 Å². The van der Waals surface area contributed by atoms with Crippen LogP contribution in [0.25, 0.3) is 0 Å². The highest BCUT2D eigenvalue weighted by Gasteiger charge is 2.28. The first-order valence-corrected chi connectivity index (χ1v) is 8.13. The molecule has 0 saturated heterocycles. The monoisotopic (exact) mass is 292 g/mol. The summed E-state index contributed by atoms with van der Waals surface area (Å²) in [5, 5.41) is 12.8. The van der Waals surface area contributed by atoms with E-state index in [9.17, 15) is 5.11 Å². The van der Waals surface area contributed by atoms with Crippen molar-refractivity contribution in [1.29, 1.82) is 0 Å². The van der Waals surface area contributed by atoms with Gasteiger partial charge in [0.05, 0.1) is 6.10 Å². The zero-order valence-corrected chi connectivity index (χ0v) is 13.5. The molecule has 1 aromatic heterocycles. The summed E-state index contributed by atoms with van der Waals surface area (Å²) < 4.78 is 0. The number of aryl methyl sites for hydroxylation is 1. The van der Waals surface area contributed by atoms with Gasteiger partial charge in [0.15, 0.2) is 0 Å². The minimum Gasteiger partial charge on any atom is -0.393 e. The number of aliphatic hydroxyl groups is 1. The molecule has 5 nitrogen and oxygen atoms in total. The maximum atomic E-state index is 9.40. The van der Waals surface area contributed by atoms with Crippen molar-refractivity contribution in [2.45, 2.75) is 52.1 Å². The largest absolute Gasteiger partial charge is 0.393 e. The van der Waals surface area contributed by atoms with Crippen LogP contribution in [0.4, 0.5) is 11.6 Å². The molecule has 1 heterocycles. The summed E-state index contributed by atoms with van der Waals surface area (Å²) in [6.07, 6.45) is 4.78. The first-order chi connectivity index (χ1) is 10.1. The fourth-order valence-electron chi connectivity index (χ4n) is 2.69. The van der Waals surface area contributed by atoms with Crippen molar-refractivity contribution in [3.05, 3.63) is 11.9 Å². The van der Waals surface area contributed by atoms with E-state index in [0.717, 1.165) is 62.7 Å². The van der Waals surface area contributed by atoms with Crippen molar-refractivity contribution in [3.8, 4) is 0 Å². The topological polar surface area (TPSA) is 61.3 Å². The van der Waals surface area contributed by atoms with Crippen molar-refractivity contribution >= 4 is 11.6 Å². The van der Waals surface area contributed by atoms with E-state index in [-0.39, 0.29) is 6.10 Å². The van der Waals surface area contributed by atoms with E-state index in [0.29, 0.717) is 5.92 Å². The minimum atomic E-state index is -0.0915. The molecule has 118 valence electrons. The number of aromatic nitrogens is 2. The summed E-state index contributed by atoms with van der Waals surface area (Å²) in [6, 6.07) is 2.03. The van der Waals surface area contributed by atoms with E-state index in [1.54, 1.807) is 0 Å². The summed E-state index contributed by atoms with van der Waals surface area (Å²) in [4.78, 5) is 11.4. The summed E-state index contributed by atoms with van der Waals surface area (Å²) in [7, 11) is 2.08. The van der Waals surface area contributed by atoms with Gasteiger partial charge in [-0.15, -0.1) is 0 Å². The van der Waals surface area contributed by atoms with Gasteiger partial charge >= 0.3 is 0 Å². The highest BCUT2D eigenvalue weighted by atomic mass is 16.3. The molecule has 2 rings (SSSR count). The van der Waals surface area contributed by atoms with E-state index in [4.69, 9.17) is 0 Å². The molecule has 2 N–H and O–H groups in total. The van der Waals surface area contributed by atoms with Crippen LogP contribution < -0.4 is 10.2 Å². The SMILES string of the molecule is CCCNc1cc(N(C)CC2CC(O)C2)nc(CCC)n1.